The van der Waals surface area contributed by atoms with Crippen LogP contribution in [0.5, 0.6) is 17.2 Å². The third kappa shape index (κ3) is 3.72. The fourth-order valence-corrected chi connectivity index (χ4v) is 2.33. The number of fused-ring (bicyclic) bond motifs is 1. The van der Waals surface area contributed by atoms with Gasteiger partial charge in [-0.05, 0) is 12.1 Å². The number of hydrogen-bond donors (Lipinski definition) is 2. The minimum atomic E-state index is -0.115. The predicted molar refractivity (Wildman–Crippen MR) is 93.8 cm³/mol. The van der Waals surface area contributed by atoms with E-state index in [1.54, 1.807) is 19.2 Å². The lowest BCUT2D eigenvalue weighted by atomic mass is 10.2. The molecular weight excluding hydrogens is 322 g/mol. The number of benzene rings is 2. The molecule has 7 nitrogen and oxygen atoms in total. The van der Waals surface area contributed by atoms with Crippen molar-refractivity contribution in [2.75, 3.05) is 32.8 Å². The second-order valence-corrected chi connectivity index (χ2v) is 5.08. The lowest BCUT2D eigenvalue weighted by molar-refractivity contribution is 0.197. The average molecular weight is 340 g/mol. The Hall–Kier alpha value is -3.06. The Morgan fingerprint density at radius 1 is 1.12 bits per heavy atom. The Morgan fingerprint density at radius 2 is 1.92 bits per heavy atom. The number of aliphatic hydroxyl groups excluding tert-OH is 1. The van der Waals surface area contributed by atoms with Gasteiger partial charge in [-0.25, -0.2) is 9.97 Å². The van der Waals surface area contributed by atoms with E-state index in [0.717, 1.165) is 11.0 Å². The van der Waals surface area contributed by atoms with Crippen LogP contribution in [0.3, 0.4) is 0 Å². The van der Waals surface area contributed by atoms with Crippen LogP contribution in [0.1, 0.15) is 0 Å². The minimum Gasteiger partial charge on any atom is -0.497 e. The van der Waals surface area contributed by atoms with Crippen molar-refractivity contribution in [1.82, 2.24) is 9.97 Å². The molecule has 0 spiro atoms. The highest BCUT2D eigenvalue weighted by Gasteiger charge is 2.15. The van der Waals surface area contributed by atoms with Crippen LogP contribution in [0.15, 0.2) is 36.4 Å². The van der Waals surface area contributed by atoms with Gasteiger partial charge in [-0.15, -0.1) is 0 Å². The van der Waals surface area contributed by atoms with Crippen molar-refractivity contribution in [1.29, 1.82) is 0 Å². The fourth-order valence-electron chi connectivity index (χ4n) is 2.33. The summed E-state index contributed by atoms with van der Waals surface area (Å²) < 4.78 is 16.3. The normalized spacial score (nSPS) is 10.5. The number of ether oxygens (including phenoxy) is 3. The molecule has 0 bridgehead atoms. The van der Waals surface area contributed by atoms with Gasteiger partial charge >= 0.3 is 0 Å². The van der Waals surface area contributed by atoms with Gasteiger partial charge < -0.3 is 24.6 Å². The van der Waals surface area contributed by atoms with E-state index in [-0.39, 0.29) is 13.2 Å². The Kier molecular flexibility index (Phi) is 5.15. The molecule has 0 atom stereocenters. The smallest absolute Gasteiger partial charge is 0.185 e. The zero-order chi connectivity index (χ0) is 17.6. The molecule has 1 radical (unpaired) electrons. The highest BCUT2D eigenvalue weighted by atomic mass is 16.5. The molecule has 129 valence electrons. The summed E-state index contributed by atoms with van der Waals surface area (Å²) in [6.45, 7) is 0.0149. The number of nitrogens with zero attached hydrogens (tertiary/aromatic N) is 2. The van der Waals surface area contributed by atoms with Gasteiger partial charge in [0.2, 0.25) is 0 Å². The highest BCUT2D eigenvalue weighted by molar-refractivity contribution is 5.77. The maximum Gasteiger partial charge on any atom is 0.185 e. The van der Waals surface area contributed by atoms with E-state index in [4.69, 9.17) is 19.3 Å². The number of hydrogen-bond acceptors (Lipinski definition) is 7. The molecule has 0 fully saturated rings. The third-order valence-corrected chi connectivity index (χ3v) is 3.47. The molecule has 0 saturated carbocycles. The topological polar surface area (TPSA) is 85.7 Å². The van der Waals surface area contributed by atoms with Crippen molar-refractivity contribution in [3.63, 3.8) is 0 Å². The Morgan fingerprint density at radius 3 is 2.64 bits per heavy atom. The van der Waals surface area contributed by atoms with Crippen LogP contribution in [-0.2, 0) is 0 Å². The maximum atomic E-state index is 9.05. The summed E-state index contributed by atoms with van der Waals surface area (Å²) in [4.78, 5) is 8.75. The van der Waals surface area contributed by atoms with Crippen LogP contribution in [0, 0.1) is 6.20 Å². The zero-order valence-electron chi connectivity index (χ0n) is 13.9. The lowest BCUT2D eigenvalue weighted by Crippen LogP contribution is -2.06. The van der Waals surface area contributed by atoms with E-state index in [1.165, 1.54) is 7.11 Å². The van der Waals surface area contributed by atoms with Gasteiger partial charge in [-0.3, -0.25) is 0 Å². The molecule has 7 heteroatoms. The molecule has 0 amide bonds. The first-order valence-electron chi connectivity index (χ1n) is 7.66. The van der Waals surface area contributed by atoms with Gasteiger partial charge in [0.1, 0.15) is 18.6 Å². The fraction of sp³-hybridized carbons (Fsp3) is 0.222. The van der Waals surface area contributed by atoms with E-state index in [1.807, 2.05) is 24.3 Å². The summed E-state index contributed by atoms with van der Waals surface area (Å²) in [5.74, 6) is 1.94. The summed E-state index contributed by atoms with van der Waals surface area (Å²) in [6.07, 6.45) is 2.86. The van der Waals surface area contributed by atoms with Gasteiger partial charge in [0.25, 0.3) is 0 Å². The quantitative estimate of drug-likeness (QED) is 0.683. The number of aliphatic hydroxyl groups is 1. The first-order chi connectivity index (χ1) is 12.2. The first-order valence-corrected chi connectivity index (χ1v) is 7.66. The summed E-state index contributed by atoms with van der Waals surface area (Å²) in [5, 5.41) is 12.2. The monoisotopic (exact) mass is 340 g/mol. The zero-order valence-corrected chi connectivity index (χ0v) is 13.9. The number of anilines is 2. The molecule has 3 aromatic rings. The molecule has 1 aromatic heterocycles. The lowest BCUT2D eigenvalue weighted by Gasteiger charge is -2.17. The second kappa shape index (κ2) is 7.67. The second-order valence-electron chi connectivity index (χ2n) is 5.08. The molecule has 0 aliphatic heterocycles. The van der Waals surface area contributed by atoms with E-state index >= 15 is 0 Å². The summed E-state index contributed by atoms with van der Waals surface area (Å²) in [5.41, 5.74) is 2.08. The van der Waals surface area contributed by atoms with Crippen LogP contribution in [0.2, 0.25) is 0 Å². The predicted octanol–water partition coefficient (Wildman–Crippen LogP) is 2.56. The summed E-state index contributed by atoms with van der Waals surface area (Å²) >= 11 is 0. The van der Waals surface area contributed by atoms with Crippen LogP contribution in [0.25, 0.3) is 11.0 Å². The van der Waals surface area contributed by atoms with E-state index in [0.29, 0.717) is 28.8 Å². The summed E-state index contributed by atoms with van der Waals surface area (Å²) in [7, 11) is 3.10. The number of rotatable bonds is 7. The highest BCUT2D eigenvalue weighted by Crippen LogP contribution is 2.40. The standard InChI is InChI=1S/C18H18N3O4/c1-23-12-9-15(18(25-8-7-22)16(10-12)24-2)21-17-11-19-13-5-3-4-6-14(13)20-17/h3-6,9-10,22H,7-8H2,1-2H3,(H,20,21). The maximum absolute atomic E-state index is 9.05. The van der Waals surface area contributed by atoms with Crippen molar-refractivity contribution < 1.29 is 19.3 Å². The Balaban J connectivity index is 2.00. The van der Waals surface area contributed by atoms with Gasteiger partial charge in [-0.2, -0.15) is 0 Å². The number of nitrogens with one attached hydrogen (secondary N) is 1. The van der Waals surface area contributed by atoms with Gasteiger partial charge in [0.05, 0.1) is 37.5 Å². The molecule has 1 heterocycles. The van der Waals surface area contributed by atoms with Gasteiger partial charge in [0, 0.05) is 12.1 Å². The molecule has 25 heavy (non-hydrogen) atoms. The molecular formula is C18H18N3O4. The van der Waals surface area contributed by atoms with Crippen molar-refractivity contribution in [3.8, 4) is 17.2 Å². The molecule has 0 aliphatic carbocycles. The SMILES string of the molecule is COc1cc(Nc2[c]nc3ccccc3n2)c(OCCO)c(OC)c1. The Bertz CT molecular complexity index is 870. The molecule has 2 aromatic carbocycles. The van der Waals surface area contributed by atoms with Crippen molar-refractivity contribution in [2.45, 2.75) is 0 Å². The van der Waals surface area contributed by atoms with Crippen molar-refractivity contribution in [2.24, 2.45) is 0 Å². The van der Waals surface area contributed by atoms with Crippen LogP contribution in [0.4, 0.5) is 11.5 Å². The molecule has 0 unspecified atom stereocenters. The number of methoxy groups -OCH3 is 2. The van der Waals surface area contributed by atoms with E-state index < -0.39 is 0 Å². The van der Waals surface area contributed by atoms with Gasteiger partial charge in [-0.1, -0.05) is 12.1 Å². The van der Waals surface area contributed by atoms with Gasteiger partial charge in [0.15, 0.2) is 17.3 Å². The number of para-hydroxylation sites is 2. The summed E-state index contributed by atoms with van der Waals surface area (Å²) in [6, 6.07) is 11.0. The third-order valence-electron chi connectivity index (χ3n) is 3.47. The first kappa shape index (κ1) is 16.8. The molecule has 0 saturated heterocycles. The average Bonchev–Trinajstić information content (AvgIpc) is 2.66. The minimum absolute atomic E-state index is 0.115. The molecule has 3 rings (SSSR count). The van der Waals surface area contributed by atoms with Crippen molar-refractivity contribution in [3.05, 3.63) is 42.6 Å². The molecule has 2 N–H and O–H groups in total. The Labute approximate surface area is 145 Å². The largest absolute Gasteiger partial charge is 0.497 e. The van der Waals surface area contributed by atoms with E-state index in [2.05, 4.69) is 21.5 Å². The van der Waals surface area contributed by atoms with Crippen molar-refractivity contribution >= 4 is 22.5 Å². The van der Waals surface area contributed by atoms with E-state index in [9.17, 15) is 0 Å². The van der Waals surface area contributed by atoms with Crippen LogP contribution in [-0.4, -0.2) is 42.5 Å². The van der Waals surface area contributed by atoms with Crippen LogP contribution < -0.4 is 19.5 Å². The molecule has 0 aliphatic rings. The number of aromatic nitrogens is 2. The van der Waals surface area contributed by atoms with Crippen LogP contribution >= 0.6 is 0 Å².